The fraction of sp³-hybridized carbons (Fsp3) is 0.310. The predicted molar refractivity (Wildman–Crippen MR) is 139 cm³/mol. The maximum atomic E-state index is 11.3. The lowest BCUT2D eigenvalue weighted by Gasteiger charge is -2.49. The minimum atomic E-state index is -2.50. The molecule has 174 valence electrons. The number of rotatable bonds is 10. The molecule has 0 saturated heterocycles. The van der Waals surface area contributed by atoms with Crippen LogP contribution in [-0.2, 0) is 9.47 Å². The lowest BCUT2D eigenvalue weighted by molar-refractivity contribution is 0.0195. The van der Waals surface area contributed by atoms with Crippen molar-refractivity contribution in [3.05, 3.63) is 109 Å². The van der Waals surface area contributed by atoms with Gasteiger partial charge in [-0.2, -0.15) is 0 Å². The van der Waals surface area contributed by atoms with Gasteiger partial charge in [0.25, 0.3) is 0 Å². The van der Waals surface area contributed by atoms with E-state index in [-0.39, 0.29) is 17.4 Å². The molecule has 0 aromatic heterocycles. The predicted octanol–water partition coefficient (Wildman–Crippen LogP) is 5.68. The van der Waals surface area contributed by atoms with Crippen molar-refractivity contribution in [1.82, 2.24) is 0 Å². The van der Waals surface area contributed by atoms with Gasteiger partial charge in [-0.1, -0.05) is 122 Å². The molecule has 0 spiro atoms. The van der Waals surface area contributed by atoms with Gasteiger partial charge >= 0.3 is 0 Å². The third kappa shape index (κ3) is 5.64. The fourth-order valence-corrected chi connectivity index (χ4v) is 11.5. The quantitative estimate of drug-likeness (QED) is 0.183. The maximum absolute atomic E-state index is 11.3. The number of aliphatic hydroxyl groups is 1. The molecule has 0 aliphatic rings. The Bertz CT molecular complexity index is 942. The van der Waals surface area contributed by atoms with Gasteiger partial charge in [0.1, 0.15) is 8.07 Å². The molecule has 0 fully saturated rings. The Labute approximate surface area is 199 Å². The van der Waals surface area contributed by atoms with Crippen molar-refractivity contribution in [3.63, 3.8) is 0 Å². The van der Waals surface area contributed by atoms with Crippen molar-refractivity contribution in [1.29, 1.82) is 0 Å². The topological polar surface area (TPSA) is 38.7 Å². The van der Waals surface area contributed by atoms with Crippen LogP contribution < -0.4 is 10.4 Å². The summed E-state index contributed by atoms with van der Waals surface area (Å²) in [7, 11) is -0.885. The maximum Gasteiger partial charge on any atom is 0.187 e. The lowest BCUT2D eigenvalue weighted by atomic mass is 10.0. The fourth-order valence-electron chi connectivity index (χ4n) is 5.13. The van der Waals surface area contributed by atoms with Crippen LogP contribution in [0.15, 0.2) is 103 Å². The summed E-state index contributed by atoms with van der Waals surface area (Å²) in [5, 5.41) is 14.0. The van der Waals surface area contributed by atoms with Gasteiger partial charge in [-0.05, 0) is 28.6 Å². The highest BCUT2D eigenvalue weighted by Crippen LogP contribution is 2.47. The molecule has 33 heavy (non-hydrogen) atoms. The van der Waals surface area contributed by atoms with E-state index in [1.54, 1.807) is 13.4 Å². The van der Waals surface area contributed by atoms with Gasteiger partial charge in [0.15, 0.2) is 6.79 Å². The zero-order chi connectivity index (χ0) is 23.7. The molecule has 0 amide bonds. The molecular formula is C29H36O3Si. The highest BCUT2D eigenvalue weighted by Gasteiger charge is 2.52. The first-order chi connectivity index (χ1) is 15.9. The van der Waals surface area contributed by atoms with Crippen LogP contribution in [0.1, 0.15) is 38.9 Å². The standard InChI is InChI=1S/C29H36O3Si/c1-29(2,3)33(25-16-10-6-11-17-25,26-18-12-7-13-19-26)27(20-21-32-23-31-4)22-28(30)24-14-8-5-9-15-24/h5-21,27-28,30H,22-23H2,1-4H3/b21-20+/t27-,28+/m1/s1. The molecule has 3 aromatic carbocycles. The van der Waals surface area contributed by atoms with Gasteiger partial charge < -0.3 is 14.6 Å². The molecule has 0 radical (unpaired) electrons. The van der Waals surface area contributed by atoms with Gasteiger partial charge in [-0.25, -0.2) is 0 Å². The smallest absolute Gasteiger partial charge is 0.187 e. The van der Waals surface area contributed by atoms with Gasteiger partial charge in [0.05, 0.1) is 12.4 Å². The molecule has 4 heteroatoms. The minimum Gasteiger partial charge on any atom is -0.476 e. The Kier molecular flexibility index (Phi) is 8.67. The first kappa shape index (κ1) is 25.0. The number of allylic oxidation sites excluding steroid dienone is 1. The van der Waals surface area contributed by atoms with Gasteiger partial charge in [-0.3, -0.25) is 0 Å². The molecule has 1 N–H and O–H groups in total. The van der Waals surface area contributed by atoms with E-state index in [2.05, 4.69) is 87.5 Å². The molecule has 3 aromatic rings. The second kappa shape index (κ2) is 11.5. The number of hydrogen-bond donors (Lipinski definition) is 1. The normalized spacial score (nSPS) is 14.2. The van der Waals surface area contributed by atoms with Crippen molar-refractivity contribution in [2.75, 3.05) is 13.9 Å². The Morgan fingerprint density at radius 3 is 1.76 bits per heavy atom. The molecule has 3 nitrogen and oxygen atoms in total. The van der Waals surface area contributed by atoms with Gasteiger partial charge in [-0.15, -0.1) is 0 Å². The van der Waals surface area contributed by atoms with Crippen LogP contribution in [-0.4, -0.2) is 27.1 Å². The average molecular weight is 461 g/mol. The summed E-state index contributed by atoms with van der Waals surface area (Å²) in [6.45, 7) is 7.21. The summed E-state index contributed by atoms with van der Waals surface area (Å²) in [6, 6.07) is 31.6. The van der Waals surface area contributed by atoms with Crippen LogP contribution in [0.2, 0.25) is 10.6 Å². The van der Waals surface area contributed by atoms with E-state index < -0.39 is 14.2 Å². The SMILES string of the molecule is COCO/C=C/[C@H](C[C@H](O)c1ccccc1)[Si](c1ccccc1)(c1ccccc1)C(C)(C)C. The number of benzene rings is 3. The molecular weight excluding hydrogens is 424 g/mol. The molecule has 0 unspecified atom stereocenters. The van der Waals surface area contributed by atoms with Crippen LogP contribution >= 0.6 is 0 Å². The third-order valence-electron chi connectivity index (χ3n) is 6.45. The molecule has 0 saturated carbocycles. The van der Waals surface area contributed by atoms with Crippen molar-refractivity contribution in [2.24, 2.45) is 0 Å². The van der Waals surface area contributed by atoms with Crippen LogP contribution in [0, 0.1) is 0 Å². The first-order valence-corrected chi connectivity index (χ1v) is 13.6. The van der Waals surface area contributed by atoms with E-state index in [1.165, 1.54) is 10.4 Å². The van der Waals surface area contributed by atoms with E-state index >= 15 is 0 Å². The highest BCUT2D eigenvalue weighted by molar-refractivity contribution is 7.05. The Hall–Kier alpha value is -2.66. The molecule has 0 aliphatic heterocycles. The Morgan fingerprint density at radius 1 is 0.818 bits per heavy atom. The molecule has 0 aliphatic carbocycles. The second-order valence-corrected chi connectivity index (χ2v) is 14.5. The highest BCUT2D eigenvalue weighted by atomic mass is 28.3. The zero-order valence-electron chi connectivity index (χ0n) is 20.1. The Morgan fingerprint density at radius 2 is 1.30 bits per heavy atom. The zero-order valence-corrected chi connectivity index (χ0v) is 21.1. The van der Waals surface area contributed by atoms with Crippen molar-refractivity contribution >= 4 is 18.4 Å². The second-order valence-electron chi connectivity index (χ2n) is 9.46. The molecule has 2 atom stereocenters. The van der Waals surface area contributed by atoms with E-state index in [0.717, 1.165) is 5.56 Å². The number of methoxy groups -OCH3 is 1. The van der Waals surface area contributed by atoms with Crippen molar-refractivity contribution in [2.45, 2.75) is 43.9 Å². The third-order valence-corrected chi connectivity index (χ3v) is 12.8. The van der Waals surface area contributed by atoms with Crippen molar-refractivity contribution in [3.8, 4) is 0 Å². The monoisotopic (exact) mass is 460 g/mol. The summed E-state index contributed by atoms with van der Waals surface area (Å²) < 4.78 is 10.7. The summed E-state index contributed by atoms with van der Waals surface area (Å²) in [6.07, 6.45) is 3.93. The summed E-state index contributed by atoms with van der Waals surface area (Å²) >= 11 is 0. The summed E-state index contributed by atoms with van der Waals surface area (Å²) in [5.41, 5.74) is 1.01. The van der Waals surface area contributed by atoms with Crippen LogP contribution in [0.25, 0.3) is 0 Å². The van der Waals surface area contributed by atoms with E-state index in [4.69, 9.17) is 9.47 Å². The van der Waals surface area contributed by atoms with Crippen LogP contribution in [0.5, 0.6) is 0 Å². The van der Waals surface area contributed by atoms with E-state index in [0.29, 0.717) is 6.42 Å². The summed E-state index contributed by atoms with van der Waals surface area (Å²) in [5.74, 6) is 0. The number of hydrogen-bond acceptors (Lipinski definition) is 3. The number of ether oxygens (including phenoxy) is 2. The first-order valence-electron chi connectivity index (χ1n) is 11.5. The van der Waals surface area contributed by atoms with Gasteiger partial charge in [0.2, 0.25) is 0 Å². The van der Waals surface area contributed by atoms with Crippen molar-refractivity contribution < 1.29 is 14.6 Å². The largest absolute Gasteiger partial charge is 0.476 e. The molecule has 3 rings (SSSR count). The van der Waals surface area contributed by atoms with Crippen LogP contribution in [0.3, 0.4) is 0 Å². The average Bonchev–Trinajstić information content (AvgIpc) is 2.83. The molecule has 0 heterocycles. The minimum absolute atomic E-state index is 0.0393. The lowest BCUT2D eigenvalue weighted by Crippen LogP contribution is -2.67. The van der Waals surface area contributed by atoms with E-state index in [9.17, 15) is 5.11 Å². The van der Waals surface area contributed by atoms with Crippen LogP contribution in [0.4, 0.5) is 0 Å². The summed E-state index contributed by atoms with van der Waals surface area (Å²) in [4.78, 5) is 0. The van der Waals surface area contributed by atoms with Gasteiger partial charge in [0, 0.05) is 7.11 Å². The Balaban J connectivity index is 2.21. The van der Waals surface area contributed by atoms with E-state index in [1.807, 2.05) is 30.3 Å². The molecule has 0 bridgehead atoms. The number of aliphatic hydroxyl groups excluding tert-OH is 1.